The summed E-state index contributed by atoms with van der Waals surface area (Å²) in [7, 11) is 0. The molecular weight excluding hydrogens is 176 g/mol. The second-order valence-corrected chi connectivity index (χ2v) is 3.01. The Morgan fingerprint density at radius 2 is 2.14 bits per heavy atom. The molecule has 0 fully saturated rings. The SMILES string of the molecule is C=CCC(COc1ccccc1)NN. The molecular formula is C11H16N2O. The van der Waals surface area contributed by atoms with Crippen molar-refractivity contribution < 1.29 is 4.74 Å². The highest BCUT2D eigenvalue weighted by molar-refractivity contribution is 5.20. The molecule has 1 aromatic carbocycles. The van der Waals surface area contributed by atoms with Crippen molar-refractivity contribution >= 4 is 0 Å². The van der Waals surface area contributed by atoms with Crippen LogP contribution >= 0.6 is 0 Å². The van der Waals surface area contributed by atoms with Crippen molar-refractivity contribution in [2.45, 2.75) is 12.5 Å². The molecule has 14 heavy (non-hydrogen) atoms. The first-order chi connectivity index (χ1) is 6.86. The highest BCUT2D eigenvalue weighted by Crippen LogP contribution is 2.08. The van der Waals surface area contributed by atoms with Crippen LogP contribution in [0.1, 0.15) is 6.42 Å². The van der Waals surface area contributed by atoms with Gasteiger partial charge in [-0.1, -0.05) is 24.3 Å². The van der Waals surface area contributed by atoms with Gasteiger partial charge < -0.3 is 4.74 Å². The molecule has 0 saturated carbocycles. The van der Waals surface area contributed by atoms with Crippen molar-refractivity contribution in [2.24, 2.45) is 5.84 Å². The Hall–Kier alpha value is -1.32. The second-order valence-electron chi connectivity index (χ2n) is 3.01. The van der Waals surface area contributed by atoms with E-state index in [4.69, 9.17) is 10.6 Å². The summed E-state index contributed by atoms with van der Waals surface area (Å²) in [4.78, 5) is 0. The quantitative estimate of drug-likeness (QED) is 0.407. The van der Waals surface area contributed by atoms with E-state index in [1.807, 2.05) is 36.4 Å². The number of hydrogen-bond acceptors (Lipinski definition) is 3. The molecule has 0 bridgehead atoms. The number of hydrazine groups is 1. The van der Waals surface area contributed by atoms with Gasteiger partial charge in [-0.05, 0) is 18.6 Å². The normalized spacial score (nSPS) is 12.1. The number of hydrogen-bond donors (Lipinski definition) is 2. The minimum atomic E-state index is 0.118. The molecule has 0 amide bonds. The fourth-order valence-electron chi connectivity index (χ4n) is 1.10. The van der Waals surface area contributed by atoms with Gasteiger partial charge in [-0.15, -0.1) is 6.58 Å². The third kappa shape index (κ3) is 3.60. The van der Waals surface area contributed by atoms with Gasteiger partial charge in [0.05, 0.1) is 6.04 Å². The predicted octanol–water partition coefficient (Wildman–Crippen LogP) is 1.47. The molecule has 3 N–H and O–H groups in total. The summed E-state index contributed by atoms with van der Waals surface area (Å²) in [5.41, 5.74) is 2.68. The number of benzene rings is 1. The summed E-state index contributed by atoms with van der Waals surface area (Å²) in [6.07, 6.45) is 2.61. The number of rotatable bonds is 6. The number of ether oxygens (including phenoxy) is 1. The zero-order valence-corrected chi connectivity index (χ0v) is 8.15. The highest BCUT2D eigenvalue weighted by atomic mass is 16.5. The number of nitrogens with two attached hydrogens (primary N) is 1. The van der Waals surface area contributed by atoms with E-state index in [1.54, 1.807) is 0 Å². The molecule has 0 aromatic heterocycles. The van der Waals surface area contributed by atoms with Gasteiger partial charge in [-0.2, -0.15) is 0 Å². The first-order valence-corrected chi connectivity index (χ1v) is 4.61. The minimum Gasteiger partial charge on any atom is -0.492 e. The summed E-state index contributed by atoms with van der Waals surface area (Å²) in [5, 5.41) is 0. The van der Waals surface area contributed by atoms with Crippen molar-refractivity contribution in [1.29, 1.82) is 0 Å². The Labute approximate surface area is 84.5 Å². The van der Waals surface area contributed by atoms with Gasteiger partial charge in [-0.3, -0.25) is 11.3 Å². The van der Waals surface area contributed by atoms with Crippen molar-refractivity contribution in [3.8, 4) is 5.75 Å². The van der Waals surface area contributed by atoms with Gasteiger partial charge in [0.15, 0.2) is 0 Å². The lowest BCUT2D eigenvalue weighted by atomic mass is 10.2. The summed E-state index contributed by atoms with van der Waals surface area (Å²) in [6, 6.07) is 9.78. The maximum absolute atomic E-state index is 5.52. The first-order valence-electron chi connectivity index (χ1n) is 4.61. The summed E-state index contributed by atoms with van der Waals surface area (Å²) in [6.45, 7) is 4.20. The van der Waals surface area contributed by atoms with Crippen molar-refractivity contribution in [2.75, 3.05) is 6.61 Å². The van der Waals surface area contributed by atoms with Crippen molar-refractivity contribution in [3.63, 3.8) is 0 Å². The molecule has 0 radical (unpaired) electrons. The van der Waals surface area contributed by atoms with Crippen LogP contribution < -0.4 is 16.0 Å². The third-order valence-corrected chi connectivity index (χ3v) is 1.88. The third-order valence-electron chi connectivity index (χ3n) is 1.88. The predicted molar refractivity (Wildman–Crippen MR) is 57.9 cm³/mol. The molecule has 1 rings (SSSR count). The van der Waals surface area contributed by atoms with Crippen molar-refractivity contribution in [3.05, 3.63) is 43.0 Å². The van der Waals surface area contributed by atoms with Gasteiger partial charge in [0.1, 0.15) is 12.4 Å². The minimum absolute atomic E-state index is 0.118. The van der Waals surface area contributed by atoms with Crippen LogP contribution in [0.3, 0.4) is 0 Å². The van der Waals surface area contributed by atoms with Gasteiger partial charge in [-0.25, -0.2) is 0 Å². The van der Waals surface area contributed by atoms with E-state index < -0.39 is 0 Å². The van der Waals surface area contributed by atoms with Gasteiger partial charge in [0.2, 0.25) is 0 Å². The molecule has 1 atom stereocenters. The average Bonchev–Trinajstić information content (AvgIpc) is 2.25. The second kappa shape index (κ2) is 6.18. The largest absolute Gasteiger partial charge is 0.492 e. The summed E-state index contributed by atoms with van der Waals surface area (Å²) < 4.78 is 5.52. The van der Waals surface area contributed by atoms with Gasteiger partial charge >= 0.3 is 0 Å². The van der Waals surface area contributed by atoms with E-state index in [0.29, 0.717) is 6.61 Å². The fraction of sp³-hybridized carbons (Fsp3) is 0.273. The lowest BCUT2D eigenvalue weighted by Gasteiger charge is -2.14. The van der Waals surface area contributed by atoms with E-state index in [9.17, 15) is 0 Å². The Morgan fingerprint density at radius 1 is 1.43 bits per heavy atom. The van der Waals surface area contributed by atoms with Crippen molar-refractivity contribution in [1.82, 2.24) is 5.43 Å². The standard InChI is InChI=1S/C11H16N2O/c1-2-6-10(13-12)9-14-11-7-4-3-5-8-11/h2-5,7-8,10,13H,1,6,9,12H2. The van der Waals surface area contributed by atoms with Crippen LogP contribution in [-0.4, -0.2) is 12.6 Å². The van der Waals surface area contributed by atoms with E-state index in [0.717, 1.165) is 12.2 Å². The molecule has 1 unspecified atom stereocenters. The molecule has 1 aromatic rings. The number of nitrogens with one attached hydrogen (secondary N) is 1. The maximum Gasteiger partial charge on any atom is 0.119 e. The Kier molecular flexibility index (Phi) is 4.75. The fourth-order valence-corrected chi connectivity index (χ4v) is 1.10. The van der Waals surface area contributed by atoms with Crippen LogP contribution in [0, 0.1) is 0 Å². The molecule has 0 heterocycles. The maximum atomic E-state index is 5.52. The Balaban J connectivity index is 2.35. The molecule has 0 aliphatic heterocycles. The molecule has 3 nitrogen and oxygen atoms in total. The monoisotopic (exact) mass is 192 g/mol. The first kappa shape index (κ1) is 10.8. The van der Waals surface area contributed by atoms with Gasteiger partial charge in [0, 0.05) is 0 Å². The van der Waals surface area contributed by atoms with Crippen LogP contribution in [0.15, 0.2) is 43.0 Å². The Bertz CT molecular complexity index is 261. The molecule has 3 heteroatoms. The average molecular weight is 192 g/mol. The molecule has 0 saturated heterocycles. The van der Waals surface area contributed by atoms with E-state index in [1.165, 1.54) is 0 Å². The lowest BCUT2D eigenvalue weighted by molar-refractivity contribution is 0.266. The smallest absolute Gasteiger partial charge is 0.119 e. The zero-order valence-electron chi connectivity index (χ0n) is 8.15. The van der Waals surface area contributed by atoms with Crippen LogP contribution in [0.25, 0.3) is 0 Å². The molecule has 76 valence electrons. The Morgan fingerprint density at radius 3 is 2.71 bits per heavy atom. The molecule has 0 aliphatic rings. The highest BCUT2D eigenvalue weighted by Gasteiger charge is 2.04. The van der Waals surface area contributed by atoms with E-state index in [2.05, 4.69) is 12.0 Å². The summed E-state index contributed by atoms with van der Waals surface area (Å²) in [5.74, 6) is 6.20. The number of para-hydroxylation sites is 1. The topological polar surface area (TPSA) is 47.3 Å². The van der Waals surface area contributed by atoms with Crippen LogP contribution in [-0.2, 0) is 0 Å². The van der Waals surface area contributed by atoms with Gasteiger partial charge in [0.25, 0.3) is 0 Å². The summed E-state index contributed by atoms with van der Waals surface area (Å²) >= 11 is 0. The van der Waals surface area contributed by atoms with E-state index >= 15 is 0 Å². The van der Waals surface area contributed by atoms with E-state index in [-0.39, 0.29) is 6.04 Å². The molecule has 0 aliphatic carbocycles. The molecule has 0 spiro atoms. The van der Waals surface area contributed by atoms with Crippen LogP contribution in [0.4, 0.5) is 0 Å². The lowest BCUT2D eigenvalue weighted by Crippen LogP contribution is -2.39. The van der Waals surface area contributed by atoms with Crippen LogP contribution in [0.2, 0.25) is 0 Å². The zero-order chi connectivity index (χ0) is 10.2. The van der Waals surface area contributed by atoms with Crippen LogP contribution in [0.5, 0.6) is 5.75 Å².